The summed E-state index contributed by atoms with van der Waals surface area (Å²) in [5.74, 6) is -1.76. The molecule has 0 fully saturated rings. The van der Waals surface area contributed by atoms with Gasteiger partial charge in [-0.25, -0.2) is 4.79 Å². The predicted octanol–water partition coefficient (Wildman–Crippen LogP) is 3.41. The van der Waals surface area contributed by atoms with Crippen LogP contribution in [0.15, 0.2) is 34.9 Å². The number of benzene rings is 1. The zero-order valence-corrected chi connectivity index (χ0v) is 13.1. The lowest BCUT2D eigenvalue weighted by Crippen LogP contribution is -2.34. The van der Waals surface area contributed by atoms with E-state index in [4.69, 9.17) is 44.9 Å². The summed E-state index contributed by atoms with van der Waals surface area (Å²) in [4.78, 5) is 23.0. The lowest BCUT2D eigenvalue weighted by molar-refractivity contribution is 0.0697. The van der Waals surface area contributed by atoms with Gasteiger partial charge in [0.2, 0.25) is 0 Å². The van der Waals surface area contributed by atoms with E-state index in [-0.39, 0.29) is 32.2 Å². The van der Waals surface area contributed by atoms with Crippen LogP contribution in [0.25, 0.3) is 0 Å². The summed E-state index contributed by atoms with van der Waals surface area (Å²) < 4.78 is 4.91. The van der Waals surface area contributed by atoms with Crippen LogP contribution < -0.4 is 10.6 Å². The highest BCUT2D eigenvalue weighted by atomic mass is 35.5. The maximum Gasteiger partial charge on any atom is 0.337 e. The molecule has 0 radical (unpaired) electrons. The third-order valence-electron chi connectivity index (χ3n) is 2.50. The highest BCUT2D eigenvalue weighted by Gasteiger charge is 2.17. The molecular weight excluding hydrogens is 351 g/mol. The lowest BCUT2D eigenvalue weighted by Gasteiger charge is -2.13. The summed E-state index contributed by atoms with van der Waals surface area (Å²) in [5, 5.41) is 14.2. The molecule has 2 aromatic rings. The van der Waals surface area contributed by atoms with Gasteiger partial charge in [-0.1, -0.05) is 23.2 Å². The summed E-state index contributed by atoms with van der Waals surface area (Å²) in [7, 11) is 0. The number of anilines is 1. The fourth-order valence-corrected chi connectivity index (χ4v) is 2.32. The molecule has 9 heteroatoms. The molecule has 0 aliphatic heterocycles. The molecule has 1 aromatic carbocycles. The van der Waals surface area contributed by atoms with Gasteiger partial charge in [-0.15, -0.1) is 0 Å². The monoisotopic (exact) mass is 358 g/mol. The van der Waals surface area contributed by atoms with Crippen LogP contribution in [0.4, 0.5) is 5.69 Å². The molecule has 114 valence electrons. The fraction of sp³-hybridized carbons (Fsp3) is 0. The Morgan fingerprint density at radius 2 is 2.00 bits per heavy atom. The molecule has 0 aliphatic rings. The summed E-state index contributed by atoms with van der Waals surface area (Å²) in [6, 6.07) is 5.57. The maximum absolute atomic E-state index is 11.8. The number of carboxylic acid groups (broad SMARTS) is 1. The Balaban J connectivity index is 2.18. The minimum Gasteiger partial charge on any atom is -0.478 e. The molecule has 0 spiro atoms. The summed E-state index contributed by atoms with van der Waals surface area (Å²) in [6.07, 6.45) is 1.34. The van der Waals surface area contributed by atoms with E-state index in [2.05, 4.69) is 10.6 Å². The molecule has 1 aromatic heterocycles. The Hall–Kier alpha value is -2.09. The summed E-state index contributed by atoms with van der Waals surface area (Å²) in [5.41, 5.74) is -0.143. The van der Waals surface area contributed by atoms with E-state index in [1.807, 2.05) is 0 Å². The number of rotatable bonds is 3. The highest BCUT2D eigenvalue weighted by Crippen LogP contribution is 2.30. The van der Waals surface area contributed by atoms with Gasteiger partial charge in [0.05, 0.1) is 22.5 Å². The van der Waals surface area contributed by atoms with Crippen molar-refractivity contribution in [3.05, 3.63) is 51.9 Å². The number of furan rings is 1. The number of aromatic carboxylic acids is 1. The van der Waals surface area contributed by atoms with Gasteiger partial charge in [0.1, 0.15) is 0 Å². The largest absolute Gasteiger partial charge is 0.478 e. The standard InChI is InChI=1S/C13H8Cl2N2O4S/c14-6-4-7(12(19)20)10(8(15)5-6)16-13(22)17-11(18)9-2-1-3-21-9/h1-5H,(H,19,20)(H2,16,17,18,22). The summed E-state index contributed by atoms with van der Waals surface area (Å²) in [6.45, 7) is 0. The van der Waals surface area contributed by atoms with Crippen molar-refractivity contribution in [2.45, 2.75) is 0 Å². The second-order valence-corrected chi connectivity index (χ2v) is 5.25. The number of halogens is 2. The highest BCUT2D eigenvalue weighted by molar-refractivity contribution is 7.80. The smallest absolute Gasteiger partial charge is 0.337 e. The van der Waals surface area contributed by atoms with Crippen molar-refractivity contribution in [3.8, 4) is 0 Å². The van der Waals surface area contributed by atoms with Gasteiger partial charge in [-0.2, -0.15) is 0 Å². The molecule has 0 aliphatic carbocycles. The van der Waals surface area contributed by atoms with Crippen molar-refractivity contribution < 1.29 is 19.1 Å². The van der Waals surface area contributed by atoms with E-state index < -0.39 is 11.9 Å². The van der Waals surface area contributed by atoms with Crippen molar-refractivity contribution in [2.24, 2.45) is 0 Å². The van der Waals surface area contributed by atoms with Crippen molar-refractivity contribution >= 4 is 58.1 Å². The van der Waals surface area contributed by atoms with Gasteiger partial charge in [-0.3, -0.25) is 10.1 Å². The maximum atomic E-state index is 11.8. The van der Waals surface area contributed by atoms with Gasteiger partial charge in [0, 0.05) is 5.02 Å². The van der Waals surface area contributed by atoms with Crippen molar-refractivity contribution in [1.29, 1.82) is 0 Å². The van der Waals surface area contributed by atoms with Crippen LogP contribution in [0.5, 0.6) is 0 Å². The number of thiocarbonyl (C=S) groups is 1. The molecule has 1 amide bonds. The quantitative estimate of drug-likeness (QED) is 0.728. The second kappa shape index (κ2) is 6.78. The van der Waals surface area contributed by atoms with Crippen LogP contribution in [0, 0.1) is 0 Å². The third-order valence-corrected chi connectivity index (χ3v) is 3.22. The first-order valence-corrected chi connectivity index (χ1v) is 6.93. The summed E-state index contributed by atoms with van der Waals surface area (Å²) >= 11 is 16.7. The minimum atomic E-state index is -1.24. The van der Waals surface area contributed by atoms with Crippen LogP contribution in [-0.4, -0.2) is 22.1 Å². The topological polar surface area (TPSA) is 91.6 Å². The molecule has 1 heterocycles. The van der Waals surface area contributed by atoms with Crippen LogP contribution >= 0.6 is 35.4 Å². The van der Waals surface area contributed by atoms with E-state index in [0.29, 0.717) is 0 Å². The minimum absolute atomic E-state index is 0.0308. The van der Waals surface area contributed by atoms with E-state index in [1.165, 1.54) is 24.5 Å². The van der Waals surface area contributed by atoms with E-state index in [0.717, 1.165) is 0 Å². The molecule has 0 unspecified atom stereocenters. The number of carbonyl (C=O) groups excluding carboxylic acids is 1. The average molecular weight is 359 g/mol. The van der Waals surface area contributed by atoms with Crippen molar-refractivity contribution in [3.63, 3.8) is 0 Å². The number of carbonyl (C=O) groups is 2. The first kappa shape index (κ1) is 16.3. The molecule has 22 heavy (non-hydrogen) atoms. The number of hydrogen-bond donors (Lipinski definition) is 3. The lowest BCUT2D eigenvalue weighted by atomic mass is 10.2. The van der Waals surface area contributed by atoms with E-state index in [9.17, 15) is 9.59 Å². The molecule has 0 atom stereocenters. The van der Waals surface area contributed by atoms with Gasteiger partial charge in [-0.05, 0) is 36.5 Å². The van der Waals surface area contributed by atoms with Gasteiger partial charge in [0.15, 0.2) is 10.9 Å². The molecule has 0 saturated carbocycles. The molecule has 2 rings (SSSR count). The molecular formula is C13H8Cl2N2O4S. The second-order valence-electron chi connectivity index (χ2n) is 4.00. The van der Waals surface area contributed by atoms with Crippen LogP contribution in [-0.2, 0) is 0 Å². The number of nitrogens with one attached hydrogen (secondary N) is 2. The SMILES string of the molecule is O=C(NC(=S)Nc1c(Cl)cc(Cl)cc1C(=O)O)c1ccco1. The van der Waals surface area contributed by atoms with Crippen LogP contribution in [0.2, 0.25) is 10.0 Å². The first-order chi connectivity index (χ1) is 10.4. The molecule has 3 N–H and O–H groups in total. The normalized spacial score (nSPS) is 10.1. The Morgan fingerprint density at radius 1 is 1.27 bits per heavy atom. The van der Waals surface area contributed by atoms with Crippen LogP contribution in [0.1, 0.15) is 20.9 Å². The molecule has 6 nitrogen and oxygen atoms in total. The Labute approximate surface area is 140 Å². The van der Waals surface area contributed by atoms with E-state index >= 15 is 0 Å². The number of hydrogen-bond acceptors (Lipinski definition) is 4. The Bertz CT molecular complexity index is 747. The van der Waals surface area contributed by atoms with Crippen molar-refractivity contribution in [1.82, 2.24) is 5.32 Å². The van der Waals surface area contributed by atoms with Gasteiger partial charge >= 0.3 is 5.97 Å². The fourth-order valence-electron chi connectivity index (χ4n) is 1.59. The Morgan fingerprint density at radius 3 is 2.59 bits per heavy atom. The zero-order valence-electron chi connectivity index (χ0n) is 10.7. The number of amides is 1. The number of carboxylic acids is 1. The first-order valence-electron chi connectivity index (χ1n) is 5.76. The van der Waals surface area contributed by atoms with Gasteiger partial charge < -0.3 is 14.8 Å². The Kier molecular flexibility index (Phi) is 5.02. The average Bonchev–Trinajstić information content (AvgIpc) is 2.95. The van der Waals surface area contributed by atoms with Crippen molar-refractivity contribution in [2.75, 3.05) is 5.32 Å². The van der Waals surface area contributed by atoms with E-state index in [1.54, 1.807) is 6.07 Å². The third kappa shape index (κ3) is 3.76. The predicted molar refractivity (Wildman–Crippen MR) is 85.8 cm³/mol. The molecule has 0 saturated heterocycles. The van der Waals surface area contributed by atoms with Crippen LogP contribution in [0.3, 0.4) is 0 Å². The molecule has 0 bridgehead atoms. The van der Waals surface area contributed by atoms with Gasteiger partial charge in [0.25, 0.3) is 5.91 Å². The zero-order chi connectivity index (χ0) is 16.3.